The predicted molar refractivity (Wildman–Crippen MR) is 79.8 cm³/mol. The minimum absolute atomic E-state index is 0.0891. The van der Waals surface area contributed by atoms with Crippen LogP contribution in [0, 0.1) is 0 Å². The van der Waals surface area contributed by atoms with E-state index in [1.165, 1.54) is 20.1 Å². The van der Waals surface area contributed by atoms with Crippen molar-refractivity contribution in [2.75, 3.05) is 7.11 Å². The van der Waals surface area contributed by atoms with Crippen molar-refractivity contribution in [2.45, 2.75) is 37.1 Å². The second kappa shape index (κ2) is 6.69. The fourth-order valence-electron chi connectivity index (χ4n) is 1.93. The Morgan fingerprint density at radius 1 is 1.40 bits per heavy atom. The summed E-state index contributed by atoms with van der Waals surface area (Å²) in [6.07, 6.45) is 0.993. The number of carbonyl (C=O) groups excluding carboxylic acids is 1. The van der Waals surface area contributed by atoms with Crippen molar-refractivity contribution >= 4 is 31.9 Å². The van der Waals surface area contributed by atoms with Gasteiger partial charge in [-0.15, -0.1) is 0 Å². The zero-order valence-electron chi connectivity index (χ0n) is 11.6. The van der Waals surface area contributed by atoms with E-state index >= 15 is 0 Å². The monoisotopic (exact) mass is 363 g/mol. The molecule has 1 aromatic rings. The first kappa shape index (κ1) is 17.1. The number of nitrogens with one attached hydrogen (secondary N) is 1. The molecule has 0 bridgehead atoms. The highest BCUT2D eigenvalue weighted by atomic mass is 79.9. The lowest BCUT2D eigenvalue weighted by molar-refractivity contribution is -0.147. The number of sulfonamides is 1. The highest BCUT2D eigenvalue weighted by Crippen LogP contribution is 2.24. The van der Waals surface area contributed by atoms with Crippen LogP contribution in [0.15, 0.2) is 33.6 Å². The second-order valence-corrected chi connectivity index (χ2v) is 7.11. The second-order valence-electron chi connectivity index (χ2n) is 4.61. The Bertz CT molecular complexity index is 588. The largest absolute Gasteiger partial charge is 0.468 e. The molecule has 0 spiro atoms. The molecule has 1 rings (SSSR count). The molecule has 0 saturated carbocycles. The summed E-state index contributed by atoms with van der Waals surface area (Å²) < 4.78 is 32.4. The van der Waals surface area contributed by atoms with Crippen LogP contribution in [0.25, 0.3) is 0 Å². The Balaban J connectivity index is 3.17. The highest BCUT2D eigenvalue weighted by molar-refractivity contribution is 9.10. The van der Waals surface area contributed by atoms with Crippen LogP contribution >= 0.6 is 15.9 Å². The van der Waals surface area contributed by atoms with E-state index < -0.39 is 21.5 Å². The molecule has 0 fully saturated rings. The average molecular weight is 364 g/mol. The molecule has 0 saturated heterocycles. The molecule has 7 heteroatoms. The van der Waals surface area contributed by atoms with E-state index in [-0.39, 0.29) is 4.90 Å². The van der Waals surface area contributed by atoms with Gasteiger partial charge in [-0.3, -0.25) is 4.79 Å². The van der Waals surface area contributed by atoms with Gasteiger partial charge in [0, 0.05) is 4.47 Å². The lowest BCUT2D eigenvalue weighted by Gasteiger charge is -2.27. The SMILES string of the molecule is CCCC(C)(NS(=O)(=O)c1ccccc1Br)C(=O)OC. The third kappa shape index (κ3) is 3.80. The predicted octanol–water partition coefficient (Wildman–Crippen LogP) is 2.46. The standard InChI is InChI=1S/C13H18BrNO4S/c1-4-9-13(2,12(16)19-3)15-20(17,18)11-8-6-5-7-10(11)14/h5-8,15H,4,9H2,1-3H3. The molecule has 112 valence electrons. The van der Waals surface area contributed by atoms with Crippen LogP contribution in [0.5, 0.6) is 0 Å². The molecule has 0 aliphatic carbocycles. The minimum atomic E-state index is -3.82. The van der Waals surface area contributed by atoms with Crippen LogP contribution in [0.1, 0.15) is 26.7 Å². The van der Waals surface area contributed by atoms with Gasteiger partial charge in [-0.25, -0.2) is 8.42 Å². The molecule has 1 aromatic carbocycles. The molecule has 0 aliphatic heterocycles. The Kier molecular flexibility index (Phi) is 5.73. The number of carbonyl (C=O) groups is 1. The molecule has 20 heavy (non-hydrogen) atoms. The van der Waals surface area contributed by atoms with Crippen molar-refractivity contribution in [3.8, 4) is 0 Å². The van der Waals surface area contributed by atoms with Crippen molar-refractivity contribution in [2.24, 2.45) is 0 Å². The van der Waals surface area contributed by atoms with E-state index in [1.54, 1.807) is 18.2 Å². The van der Waals surface area contributed by atoms with E-state index in [4.69, 9.17) is 4.74 Å². The number of hydrogen-bond donors (Lipinski definition) is 1. The number of benzene rings is 1. The Morgan fingerprint density at radius 2 is 2.00 bits per heavy atom. The fourth-order valence-corrected chi connectivity index (χ4v) is 4.33. The van der Waals surface area contributed by atoms with Crippen LogP contribution in [0.2, 0.25) is 0 Å². The summed E-state index contributed by atoms with van der Waals surface area (Å²) in [6.45, 7) is 3.39. The van der Waals surface area contributed by atoms with Gasteiger partial charge in [-0.05, 0) is 41.4 Å². The van der Waals surface area contributed by atoms with Crippen molar-refractivity contribution < 1.29 is 17.9 Å². The lowest BCUT2D eigenvalue weighted by atomic mass is 9.98. The van der Waals surface area contributed by atoms with Gasteiger partial charge in [0.05, 0.1) is 12.0 Å². The topological polar surface area (TPSA) is 72.5 Å². The molecular weight excluding hydrogens is 346 g/mol. The first-order chi connectivity index (χ1) is 9.27. The van der Waals surface area contributed by atoms with Crippen LogP contribution in [0.3, 0.4) is 0 Å². The number of hydrogen-bond acceptors (Lipinski definition) is 4. The summed E-state index contributed by atoms with van der Waals surface area (Å²) in [4.78, 5) is 11.9. The average Bonchev–Trinajstić information content (AvgIpc) is 2.37. The number of methoxy groups -OCH3 is 1. The summed E-state index contributed by atoms with van der Waals surface area (Å²) in [7, 11) is -2.58. The van der Waals surface area contributed by atoms with E-state index in [9.17, 15) is 13.2 Å². The molecule has 0 aromatic heterocycles. The van der Waals surface area contributed by atoms with E-state index in [1.807, 2.05) is 6.92 Å². The maximum atomic E-state index is 12.4. The maximum Gasteiger partial charge on any atom is 0.326 e. The molecule has 0 heterocycles. The third-order valence-electron chi connectivity index (χ3n) is 2.87. The van der Waals surface area contributed by atoms with Gasteiger partial charge in [0.2, 0.25) is 10.0 Å². The van der Waals surface area contributed by atoms with Gasteiger partial charge in [0.1, 0.15) is 5.54 Å². The van der Waals surface area contributed by atoms with Gasteiger partial charge >= 0.3 is 5.97 Å². The first-order valence-electron chi connectivity index (χ1n) is 6.14. The molecule has 5 nitrogen and oxygen atoms in total. The maximum absolute atomic E-state index is 12.4. The number of halogens is 1. The smallest absolute Gasteiger partial charge is 0.326 e. The van der Waals surface area contributed by atoms with Gasteiger partial charge in [-0.2, -0.15) is 4.72 Å². The van der Waals surface area contributed by atoms with E-state index in [0.717, 1.165) is 0 Å². The molecule has 1 unspecified atom stereocenters. The molecule has 1 N–H and O–H groups in total. The molecule has 0 radical (unpaired) electrons. The zero-order valence-corrected chi connectivity index (χ0v) is 14.0. The molecule has 1 atom stereocenters. The van der Waals surface area contributed by atoms with Crippen LogP contribution < -0.4 is 4.72 Å². The Morgan fingerprint density at radius 3 is 2.50 bits per heavy atom. The fraction of sp³-hybridized carbons (Fsp3) is 0.462. The summed E-state index contributed by atoms with van der Waals surface area (Å²) in [6, 6.07) is 6.43. The van der Waals surface area contributed by atoms with Crippen molar-refractivity contribution in [3.63, 3.8) is 0 Å². The summed E-state index contributed by atoms with van der Waals surface area (Å²) in [5.74, 6) is -0.602. The van der Waals surface area contributed by atoms with Crippen LogP contribution in [0.4, 0.5) is 0 Å². The van der Waals surface area contributed by atoms with Gasteiger partial charge in [0.15, 0.2) is 0 Å². The summed E-state index contributed by atoms with van der Waals surface area (Å²) in [5.41, 5.74) is -1.28. The van der Waals surface area contributed by atoms with Crippen molar-refractivity contribution in [1.29, 1.82) is 0 Å². The van der Waals surface area contributed by atoms with Crippen molar-refractivity contribution in [1.82, 2.24) is 4.72 Å². The molecule has 0 amide bonds. The zero-order chi connectivity index (χ0) is 15.4. The minimum Gasteiger partial charge on any atom is -0.468 e. The molecule has 0 aliphatic rings. The quantitative estimate of drug-likeness (QED) is 0.787. The van der Waals surface area contributed by atoms with Crippen LogP contribution in [-0.2, 0) is 19.6 Å². The molecular formula is C13H18BrNO4S. The van der Waals surface area contributed by atoms with Gasteiger partial charge < -0.3 is 4.74 Å². The first-order valence-corrected chi connectivity index (χ1v) is 8.41. The van der Waals surface area contributed by atoms with Crippen molar-refractivity contribution in [3.05, 3.63) is 28.7 Å². The third-order valence-corrected chi connectivity index (χ3v) is 5.48. The normalized spacial score (nSPS) is 14.6. The number of ether oxygens (including phenoxy) is 1. The Hall–Kier alpha value is -0.920. The summed E-state index contributed by atoms with van der Waals surface area (Å²) >= 11 is 3.20. The lowest BCUT2D eigenvalue weighted by Crippen LogP contribution is -2.52. The Labute approximate surface area is 127 Å². The number of rotatable bonds is 6. The van der Waals surface area contributed by atoms with Gasteiger partial charge in [-0.1, -0.05) is 25.5 Å². The van der Waals surface area contributed by atoms with Crippen LogP contribution in [-0.4, -0.2) is 27.0 Å². The van der Waals surface area contributed by atoms with E-state index in [2.05, 4.69) is 20.7 Å². The summed E-state index contributed by atoms with van der Waals surface area (Å²) in [5, 5.41) is 0. The number of esters is 1. The highest BCUT2D eigenvalue weighted by Gasteiger charge is 2.38. The van der Waals surface area contributed by atoms with E-state index in [0.29, 0.717) is 17.3 Å². The van der Waals surface area contributed by atoms with Gasteiger partial charge in [0.25, 0.3) is 0 Å².